The summed E-state index contributed by atoms with van der Waals surface area (Å²) < 4.78 is 5.81. The number of aromatic nitrogens is 1. The summed E-state index contributed by atoms with van der Waals surface area (Å²) >= 11 is 3.42. The third kappa shape index (κ3) is 2.53. The zero-order chi connectivity index (χ0) is 13.1. The Labute approximate surface area is 112 Å². The van der Waals surface area contributed by atoms with Crippen LogP contribution < -0.4 is 5.73 Å². The molecule has 2 aromatic rings. The zero-order valence-electron chi connectivity index (χ0n) is 9.39. The van der Waals surface area contributed by atoms with Gasteiger partial charge in [-0.3, -0.25) is 4.79 Å². The summed E-state index contributed by atoms with van der Waals surface area (Å²) in [5.74, 6) is -0.683. The Balaban J connectivity index is 2.41. The summed E-state index contributed by atoms with van der Waals surface area (Å²) in [5.41, 5.74) is 7.81. The van der Waals surface area contributed by atoms with Crippen molar-refractivity contribution >= 4 is 27.8 Å². The molecule has 0 aliphatic heterocycles. The van der Waals surface area contributed by atoms with Crippen molar-refractivity contribution in [1.29, 1.82) is 0 Å². The van der Waals surface area contributed by atoms with E-state index in [-0.39, 0.29) is 18.7 Å². The molecule has 1 aromatic heterocycles. The van der Waals surface area contributed by atoms with Crippen molar-refractivity contribution in [2.45, 2.75) is 12.8 Å². The molecule has 94 valence electrons. The summed E-state index contributed by atoms with van der Waals surface area (Å²) in [5, 5.41) is 12.5. The second-order valence-electron chi connectivity index (χ2n) is 3.74. The molecule has 6 heteroatoms. The molecule has 2 rings (SSSR count). The number of anilines is 1. The Hall–Kier alpha value is -1.82. The predicted octanol–water partition coefficient (Wildman–Crippen LogP) is 2.70. The van der Waals surface area contributed by atoms with Crippen LogP contribution >= 0.6 is 15.9 Å². The lowest BCUT2D eigenvalue weighted by Gasteiger charge is -2.04. The first kappa shape index (κ1) is 12.6. The minimum atomic E-state index is -0.880. The smallest absolute Gasteiger partial charge is 0.303 e. The molecule has 1 aromatic carbocycles. The number of aryl methyl sites for hydroxylation is 1. The van der Waals surface area contributed by atoms with Crippen molar-refractivity contribution in [3.05, 3.63) is 34.4 Å². The third-order valence-corrected chi connectivity index (χ3v) is 3.20. The Kier molecular flexibility index (Phi) is 3.66. The van der Waals surface area contributed by atoms with E-state index in [1.54, 1.807) is 0 Å². The van der Waals surface area contributed by atoms with E-state index < -0.39 is 5.97 Å². The molecular weight excluding hydrogens is 300 g/mol. The SMILES string of the molecule is Nc1onc(CCC(=O)O)c1-c1ccccc1Br. The highest BCUT2D eigenvalue weighted by Gasteiger charge is 2.18. The number of hydrogen-bond acceptors (Lipinski definition) is 4. The van der Waals surface area contributed by atoms with Gasteiger partial charge in [-0.05, 0) is 6.07 Å². The standard InChI is InChI=1S/C12H11BrN2O3/c13-8-4-2-1-3-7(8)11-9(5-6-10(16)17)15-18-12(11)14/h1-4H,5-6,14H2,(H,16,17). The van der Waals surface area contributed by atoms with E-state index in [2.05, 4.69) is 21.1 Å². The third-order valence-electron chi connectivity index (χ3n) is 2.51. The van der Waals surface area contributed by atoms with Gasteiger partial charge in [0.05, 0.1) is 17.7 Å². The fraction of sp³-hybridized carbons (Fsp3) is 0.167. The van der Waals surface area contributed by atoms with Crippen molar-refractivity contribution in [1.82, 2.24) is 5.16 Å². The van der Waals surface area contributed by atoms with Crippen LogP contribution in [0.5, 0.6) is 0 Å². The maximum absolute atomic E-state index is 10.6. The number of nitrogens with zero attached hydrogens (tertiary/aromatic N) is 1. The monoisotopic (exact) mass is 310 g/mol. The van der Waals surface area contributed by atoms with Gasteiger partial charge in [0.15, 0.2) is 0 Å². The van der Waals surface area contributed by atoms with Crippen LogP contribution in [-0.2, 0) is 11.2 Å². The second kappa shape index (κ2) is 5.22. The van der Waals surface area contributed by atoms with E-state index in [1.165, 1.54) is 0 Å². The summed E-state index contributed by atoms with van der Waals surface area (Å²) in [7, 11) is 0. The van der Waals surface area contributed by atoms with Gasteiger partial charge in [-0.2, -0.15) is 0 Å². The molecule has 0 spiro atoms. The van der Waals surface area contributed by atoms with Gasteiger partial charge in [0.1, 0.15) is 0 Å². The van der Waals surface area contributed by atoms with Gasteiger partial charge in [-0.15, -0.1) is 0 Å². The summed E-state index contributed by atoms with van der Waals surface area (Å²) in [6.45, 7) is 0. The normalized spacial score (nSPS) is 10.5. The van der Waals surface area contributed by atoms with Gasteiger partial charge in [-0.1, -0.05) is 39.3 Å². The minimum absolute atomic E-state index is 0.0105. The lowest BCUT2D eigenvalue weighted by Crippen LogP contribution is -1.99. The first-order valence-corrected chi connectivity index (χ1v) is 6.09. The maximum Gasteiger partial charge on any atom is 0.303 e. The highest BCUT2D eigenvalue weighted by Crippen LogP contribution is 2.35. The van der Waals surface area contributed by atoms with E-state index in [4.69, 9.17) is 15.4 Å². The molecule has 0 radical (unpaired) electrons. The van der Waals surface area contributed by atoms with Crippen molar-refractivity contribution in [3.8, 4) is 11.1 Å². The van der Waals surface area contributed by atoms with Crippen LogP contribution in [0.4, 0.5) is 5.88 Å². The molecule has 0 saturated carbocycles. The molecule has 0 bridgehead atoms. The van der Waals surface area contributed by atoms with Gasteiger partial charge >= 0.3 is 5.97 Å². The summed E-state index contributed by atoms with van der Waals surface area (Å²) in [4.78, 5) is 10.6. The average Bonchev–Trinajstić information content (AvgIpc) is 2.69. The number of carboxylic acids is 1. The second-order valence-corrected chi connectivity index (χ2v) is 4.60. The fourth-order valence-electron chi connectivity index (χ4n) is 1.69. The number of halogens is 1. The predicted molar refractivity (Wildman–Crippen MR) is 70.0 cm³/mol. The number of nitrogen functional groups attached to an aromatic ring is 1. The Morgan fingerprint density at radius 3 is 2.83 bits per heavy atom. The first-order valence-electron chi connectivity index (χ1n) is 5.30. The van der Waals surface area contributed by atoms with Crippen LogP contribution in [-0.4, -0.2) is 16.2 Å². The number of hydrogen-bond donors (Lipinski definition) is 2. The van der Waals surface area contributed by atoms with Crippen LogP contribution in [0, 0.1) is 0 Å². The fourth-order valence-corrected chi connectivity index (χ4v) is 2.17. The summed E-state index contributed by atoms with van der Waals surface area (Å²) in [6, 6.07) is 7.50. The molecule has 18 heavy (non-hydrogen) atoms. The molecule has 0 fully saturated rings. The number of rotatable bonds is 4. The zero-order valence-corrected chi connectivity index (χ0v) is 11.0. The van der Waals surface area contributed by atoms with Crippen molar-refractivity contribution in [2.24, 2.45) is 0 Å². The van der Waals surface area contributed by atoms with Crippen LogP contribution in [0.15, 0.2) is 33.3 Å². The van der Waals surface area contributed by atoms with Crippen LogP contribution in [0.3, 0.4) is 0 Å². The van der Waals surface area contributed by atoms with Crippen LogP contribution in [0.2, 0.25) is 0 Å². The van der Waals surface area contributed by atoms with Gasteiger partial charge in [0.25, 0.3) is 0 Å². The average molecular weight is 311 g/mol. The molecule has 3 N–H and O–H groups in total. The van der Waals surface area contributed by atoms with E-state index in [9.17, 15) is 4.79 Å². The highest BCUT2D eigenvalue weighted by molar-refractivity contribution is 9.10. The van der Waals surface area contributed by atoms with Crippen LogP contribution in [0.25, 0.3) is 11.1 Å². The lowest BCUT2D eigenvalue weighted by atomic mass is 10.0. The quantitative estimate of drug-likeness (QED) is 0.906. The molecule has 0 aliphatic rings. The number of carbonyl (C=O) groups is 1. The number of benzene rings is 1. The largest absolute Gasteiger partial charge is 0.481 e. The lowest BCUT2D eigenvalue weighted by molar-refractivity contribution is -0.136. The first-order chi connectivity index (χ1) is 8.59. The number of carboxylic acid groups (broad SMARTS) is 1. The van der Waals surface area contributed by atoms with E-state index >= 15 is 0 Å². The number of aliphatic carboxylic acids is 1. The van der Waals surface area contributed by atoms with E-state index in [0.717, 1.165) is 10.0 Å². The maximum atomic E-state index is 10.6. The Bertz CT molecular complexity index is 580. The molecular formula is C12H11BrN2O3. The van der Waals surface area contributed by atoms with Gasteiger partial charge in [0.2, 0.25) is 5.88 Å². The molecule has 0 amide bonds. The van der Waals surface area contributed by atoms with Gasteiger partial charge in [-0.25, -0.2) is 0 Å². The molecule has 5 nitrogen and oxygen atoms in total. The highest BCUT2D eigenvalue weighted by atomic mass is 79.9. The van der Waals surface area contributed by atoms with Crippen LogP contribution in [0.1, 0.15) is 12.1 Å². The minimum Gasteiger partial charge on any atom is -0.481 e. The van der Waals surface area contributed by atoms with Crippen molar-refractivity contribution in [2.75, 3.05) is 5.73 Å². The topological polar surface area (TPSA) is 89.4 Å². The molecule has 0 atom stereocenters. The van der Waals surface area contributed by atoms with E-state index in [1.807, 2.05) is 24.3 Å². The summed E-state index contributed by atoms with van der Waals surface area (Å²) in [6.07, 6.45) is 0.274. The van der Waals surface area contributed by atoms with Crippen molar-refractivity contribution < 1.29 is 14.4 Å². The molecule has 0 aliphatic carbocycles. The van der Waals surface area contributed by atoms with E-state index in [0.29, 0.717) is 11.3 Å². The Morgan fingerprint density at radius 2 is 2.17 bits per heavy atom. The Morgan fingerprint density at radius 1 is 1.44 bits per heavy atom. The van der Waals surface area contributed by atoms with Gasteiger partial charge < -0.3 is 15.4 Å². The molecule has 0 saturated heterocycles. The molecule has 1 heterocycles. The molecule has 0 unspecified atom stereocenters. The number of nitrogens with two attached hydrogens (primary N) is 1. The van der Waals surface area contributed by atoms with Gasteiger partial charge in [0, 0.05) is 16.5 Å². The van der Waals surface area contributed by atoms with Crippen molar-refractivity contribution in [3.63, 3.8) is 0 Å².